The molecule has 1 N–H and O–H groups in total. The van der Waals surface area contributed by atoms with Crippen molar-refractivity contribution < 1.29 is 9.53 Å². The second-order valence-corrected chi connectivity index (χ2v) is 18.2. The first-order valence-corrected chi connectivity index (χ1v) is 20.0. The number of ether oxygens (including phenoxy) is 1. The van der Waals surface area contributed by atoms with Crippen molar-refractivity contribution in [2.75, 3.05) is 33.2 Å². The van der Waals surface area contributed by atoms with Crippen LogP contribution in [0.25, 0.3) is 0 Å². The number of hydrazone groups is 1. The Kier molecular flexibility index (Phi) is 19.7. The summed E-state index contributed by atoms with van der Waals surface area (Å²) in [4.78, 5) is 24.2. The Labute approximate surface area is 319 Å². The Morgan fingerprint density at radius 3 is 1.75 bits per heavy atom. The van der Waals surface area contributed by atoms with E-state index in [0.29, 0.717) is 29.1 Å². The minimum atomic E-state index is -0.375. The van der Waals surface area contributed by atoms with Crippen LogP contribution in [0.4, 0.5) is 4.79 Å². The average molecular weight is 726 g/mol. The molecule has 1 aliphatic carbocycles. The first-order valence-electron chi connectivity index (χ1n) is 20.0. The van der Waals surface area contributed by atoms with E-state index in [1.165, 1.54) is 44.3 Å². The topological polar surface area (TPSA) is 79.2 Å². The highest BCUT2D eigenvalue weighted by Gasteiger charge is 2.35. The smallest absolute Gasteiger partial charge is 0.410 e. The molecule has 4 aliphatic rings. The summed E-state index contributed by atoms with van der Waals surface area (Å²) >= 11 is 0. The maximum atomic E-state index is 11.5. The van der Waals surface area contributed by atoms with E-state index in [1.54, 1.807) is 27.6 Å². The van der Waals surface area contributed by atoms with Gasteiger partial charge in [-0.05, 0) is 111 Å². The monoisotopic (exact) mass is 726 g/mol. The number of allylic oxidation sites excluding steroid dienone is 2. The minimum Gasteiger partial charge on any atom is -0.444 e. The number of nitrogens with one attached hydrogen (secondary N) is 1. The molecule has 0 bridgehead atoms. The van der Waals surface area contributed by atoms with Crippen LogP contribution in [0, 0.1) is 40.9 Å². The second-order valence-electron chi connectivity index (χ2n) is 18.2. The molecule has 52 heavy (non-hydrogen) atoms. The molecule has 8 nitrogen and oxygen atoms in total. The van der Waals surface area contributed by atoms with Crippen LogP contribution >= 0.6 is 0 Å². The minimum absolute atomic E-state index is 0.0504. The SMILES string of the molecule is C=C1C=CC(C(C)C)=NN1C.CC(C)C1(C)CCCC1.CC(C)C1CN(C(=O)OC(C)(C)C)C1.CC(C)C1CNC1.CC(C)c1ccc(=O)n(C)c1. The number of rotatable bonds is 5. The van der Waals surface area contributed by atoms with Gasteiger partial charge in [-0.3, -0.25) is 9.80 Å². The van der Waals surface area contributed by atoms with Gasteiger partial charge in [-0.15, -0.1) is 0 Å². The molecule has 1 saturated carbocycles. The number of hydrogen-bond acceptors (Lipinski definition) is 6. The van der Waals surface area contributed by atoms with Crippen molar-refractivity contribution in [3.05, 3.63) is 58.7 Å². The first kappa shape index (κ1) is 47.2. The maximum Gasteiger partial charge on any atom is 0.410 e. The lowest BCUT2D eigenvalue weighted by Crippen LogP contribution is -2.53. The third kappa shape index (κ3) is 16.9. The highest BCUT2D eigenvalue weighted by atomic mass is 16.6. The number of amides is 1. The van der Waals surface area contributed by atoms with Crippen LogP contribution in [0.15, 0.2) is 52.7 Å². The summed E-state index contributed by atoms with van der Waals surface area (Å²) in [5.41, 5.74) is 3.62. The zero-order valence-electron chi connectivity index (χ0n) is 36.3. The Bertz CT molecular complexity index is 1330. The number of carbonyl (C=O) groups is 1. The number of aromatic nitrogens is 1. The summed E-state index contributed by atoms with van der Waals surface area (Å²) in [6.07, 6.45) is 11.6. The van der Waals surface area contributed by atoms with Crippen molar-refractivity contribution in [3.8, 4) is 0 Å². The lowest BCUT2D eigenvalue weighted by atomic mass is 9.78. The standard InChI is InChI=1S/C11H21NO2.C9H14N2.C9H13NO.C9H18.C6H13N/c1-8(2)9-6-12(7-9)10(13)14-11(3,4)5;1-7(2)9-6-5-8(3)11(4)10-9;1-7(2)8-4-5-9(11)10(3)6-8;1-8(2)9(3)6-4-5-7-9;1-5(2)6-3-7-4-6/h8-9H,6-7H2,1-5H3;5-7H,3H2,1-2,4H3;4-7H,1-3H3;8H,4-7H2,1-3H3;5-7H,3-4H2,1-2H3. The third-order valence-corrected chi connectivity index (χ3v) is 10.9. The van der Waals surface area contributed by atoms with Crippen molar-refractivity contribution in [1.82, 2.24) is 19.8 Å². The van der Waals surface area contributed by atoms with E-state index in [-0.39, 0.29) is 17.3 Å². The van der Waals surface area contributed by atoms with E-state index >= 15 is 0 Å². The molecule has 2 saturated heterocycles. The molecule has 1 aromatic heterocycles. The van der Waals surface area contributed by atoms with Gasteiger partial charge in [0.15, 0.2) is 0 Å². The molecule has 1 aromatic rings. The van der Waals surface area contributed by atoms with Crippen molar-refractivity contribution in [1.29, 1.82) is 0 Å². The summed E-state index contributed by atoms with van der Waals surface area (Å²) < 4.78 is 6.86. The van der Waals surface area contributed by atoms with E-state index in [0.717, 1.165) is 42.3 Å². The second kappa shape index (κ2) is 21.7. The van der Waals surface area contributed by atoms with Crippen LogP contribution in [0.5, 0.6) is 0 Å². The highest BCUT2D eigenvalue weighted by Crippen LogP contribution is 2.43. The number of carbonyl (C=O) groups excluding carboxylic acids is 1. The number of likely N-dealkylation sites (N-methyl/N-ethyl adjacent to an activating group) is 1. The average Bonchev–Trinajstić information content (AvgIpc) is 3.42. The Morgan fingerprint density at radius 2 is 1.42 bits per heavy atom. The maximum absolute atomic E-state index is 11.5. The van der Waals surface area contributed by atoms with Gasteiger partial charge in [0.1, 0.15) is 5.60 Å². The number of pyridine rings is 1. The molecule has 1 amide bonds. The fraction of sp³-hybridized carbons (Fsp3) is 0.750. The van der Waals surface area contributed by atoms with Gasteiger partial charge < -0.3 is 19.5 Å². The number of hydrogen-bond donors (Lipinski definition) is 1. The lowest BCUT2D eigenvalue weighted by molar-refractivity contribution is -0.00793. The molecule has 0 aromatic carbocycles. The Hall–Kier alpha value is -2.87. The lowest BCUT2D eigenvalue weighted by Gasteiger charge is -2.41. The number of nitrogens with zero attached hydrogens (tertiary/aromatic N) is 4. The van der Waals surface area contributed by atoms with Crippen molar-refractivity contribution >= 4 is 11.8 Å². The summed E-state index contributed by atoms with van der Waals surface area (Å²) in [7, 11) is 3.68. The number of likely N-dealkylation sites (tertiary alicyclic amines) is 1. The van der Waals surface area contributed by atoms with Crippen LogP contribution in [-0.4, -0.2) is 65.1 Å². The zero-order chi connectivity index (χ0) is 40.0. The molecule has 3 aliphatic heterocycles. The van der Waals surface area contributed by atoms with Gasteiger partial charge in [-0.2, -0.15) is 5.10 Å². The van der Waals surface area contributed by atoms with Gasteiger partial charge in [0.25, 0.3) is 0 Å². The molecule has 0 spiro atoms. The van der Waals surface area contributed by atoms with Crippen molar-refractivity contribution in [3.63, 3.8) is 0 Å². The zero-order valence-corrected chi connectivity index (χ0v) is 36.3. The highest BCUT2D eigenvalue weighted by molar-refractivity contribution is 5.97. The largest absolute Gasteiger partial charge is 0.444 e. The fourth-order valence-corrected chi connectivity index (χ4v) is 5.78. The molecular weight excluding hydrogens is 647 g/mol. The predicted octanol–water partition coefficient (Wildman–Crippen LogP) is 10.1. The molecule has 0 unspecified atom stereocenters. The van der Waals surface area contributed by atoms with Gasteiger partial charge in [-0.25, -0.2) is 4.79 Å². The summed E-state index contributed by atoms with van der Waals surface area (Å²) in [5.74, 6) is 5.04. The van der Waals surface area contributed by atoms with Gasteiger partial charge in [0, 0.05) is 39.4 Å². The molecule has 0 atom stereocenters. The van der Waals surface area contributed by atoms with Gasteiger partial charge in [-0.1, -0.05) is 102 Å². The molecule has 0 radical (unpaired) electrons. The molecule has 5 rings (SSSR count). The number of aryl methyl sites for hydroxylation is 1. The normalized spacial score (nSPS) is 18.3. The van der Waals surface area contributed by atoms with E-state index in [1.807, 2.05) is 52.2 Å². The molecule has 8 heteroatoms. The molecule has 4 heterocycles. The van der Waals surface area contributed by atoms with Crippen molar-refractivity contribution in [2.45, 2.75) is 134 Å². The van der Waals surface area contributed by atoms with Crippen LogP contribution in [0.1, 0.15) is 134 Å². The summed E-state index contributed by atoms with van der Waals surface area (Å²) in [6, 6.07) is 3.49. The predicted molar refractivity (Wildman–Crippen MR) is 223 cm³/mol. The van der Waals surface area contributed by atoms with Gasteiger partial charge >= 0.3 is 6.09 Å². The van der Waals surface area contributed by atoms with Crippen LogP contribution in [0.3, 0.4) is 0 Å². The molecule has 3 fully saturated rings. The van der Waals surface area contributed by atoms with Crippen LogP contribution in [-0.2, 0) is 11.8 Å². The van der Waals surface area contributed by atoms with E-state index in [4.69, 9.17) is 4.74 Å². The van der Waals surface area contributed by atoms with E-state index in [2.05, 4.69) is 93.2 Å². The third-order valence-electron chi connectivity index (χ3n) is 10.9. The molecule has 298 valence electrons. The van der Waals surface area contributed by atoms with Gasteiger partial charge in [0.05, 0.1) is 11.4 Å². The van der Waals surface area contributed by atoms with E-state index in [9.17, 15) is 9.59 Å². The van der Waals surface area contributed by atoms with E-state index < -0.39 is 0 Å². The summed E-state index contributed by atoms with van der Waals surface area (Å²) in [5, 5.41) is 9.37. The quantitative estimate of drug-likeness (QED) is 0.327. The first-order chi connectivity index (χ1) is 24.0. The van der Waals surface area contributed by atoms with Crippen LogP contribution in [0.2, 0.25) is 0 Å². The van der Waals surface area contributed by atoms with Gasteiger partial charge in [0.2, 0.25) is 5.56 Å². The van der Waals surface area contributed by atoms with Crippen LogP contribution < -0.4 is 10.9 Å². The Balaban J connectivity index is 0.000000330. The summed E-state index contributed by atoms with van der Waals surface area (Å²) in [6.45, 7) is 38.3. The molecular formula is C44H79N5O3. The Morgan fingerprint density at radius 1 is 0.885 bits per heavy atom. The van der Waals surface area contributed by atoms with Crippen molar-refractivity contribution in [2.24, 2.45) is 53.1 Å². The fourth-order valence-electron chi connectivity index (χ4n) is 5.78.